The van der Waals surface area contributed by atoms with Crippen LogP contribution in [0.25, 0.3) is 0 Å². The van der Waals surface area contributed by atoms with E-state index in [1.54, 1.807) is 12.1 Å². The topological polar surface area (TPSA) is 24.5 Å². The molecule has 0 spiro atoms. The molecule has 1 N–H and O–H groups in total. The van der Waals surface area contributed by atoms with Crippen LogP contribution in [0.15, 0.2) is 24.3 Å². The van der Waals surface area contributed by atoms with E-state index in [0.717, 1.165) is 25.4 Å². The Morgan fingerprint density at radius 1 is 1.35 bits per heavy atom. The van der Waals surface area contributed by atoms with Gasteiger partial charge in [-0.25, -0.2) is 4.39 Å². The Kier molecular flexibility index (Phi) is 5.80. The van der Waals surface area contributed by atoms with Crippen molar-refractivity contribution in [3.8, 4) is 5.75 Å². The van der Waals surface area contributed by atoms with Crippen molar-refractivity contribution in [1.82, 2.24) is 10.2 Å². The average Bonchev–Trinajstić information content (AvgIpc) is 2.92. The minimum atomic E-state index is -0.228. The first-order chi connectivity index (χ1) is 9.65. The molecular formula is C16H25FN2O. The monoisotopic (exact) mass is 280 g/mol. The quantitative estimate of drug-likeness (QED) is 0.831. The molecule has 1 fully saturated rings. The summed E-state index contributed by atoms with van der Waals surface area (Å²) in [6, 6.07) is 7.33. The van der Waals surface area contributed by atoms with Crippen LogP contribution in [-0.2, 0) is 0 Å². The third-order valence-electron chi connectivity index (χ3n) is 3.81. The van der Waals surface area contributed by atoms with Crippen LogP contribution < -0.4 is 10.1 Å². The molecule has 20 heavy (non-hydrogen) atoms. The summed E-state index contributed by atoms with van der Waals surface area (Å²) in [7, 11) is 0. The molecule has 1 saturated heterocycles. The Labute approximate surface area is 121 Å². The van der Waals surface area contributed by atoms with Crippen molar-refractivity contribution in [3.63, 3.8) is 0 Å². The van der Waals surface area contributed by atoms with E-state index in [9.17, 15) is 4.39 Å². The molecule has 0 amide bonds. The van der Waals surface area contributed by atoms with Crippen molar-refractivity contribution < 1.29 is 9.13 Å². The fourth-order valence-electron chi connectivity index (χ4n) is 2.57. The smallest absolute Gasteiger partial charge is 0.123 e. The molecule has 1 aliphatic heterocycles. The van der Waals surface area contributed by atoms with Gasteiger partial charge in [-0.15, -0.1) is 0 Å². The molecule has 1 unspecified atom stereocenters. The number of nitrogens with one attached hydrogen (secondary N) is 1. The zero-order valence-electron chi connectivity index (χ0n) is 12.4. The molecule has 0 aliphatic carbocycles. The van der Waals surface area contributed by atoms with E-state index in [1.807, 2.05) is 0 Å². The van der Waals surface area contributed by atoms with Gasteiger partial charge < -0.3 is 10.1 Å². The molecule has 0 saturated carbocycles. The Bertz CT molecular complexity index is 388. The van der Waals surface area contributed by atoms with Gasteiger partial charge in [0, 0.05) is 25.2 Å². The highest BCUT2D eigenvalue weighted by molar-refractivity contribution is 5.21. The lowest BCUT2D eigenvalue weighted by molar-refractivity contribution is 0.164. The molecule has 3 nitrogen and oxygen atoms in total. The third-order valence-corrected chi connectivity index (χ3v) is 3.81. The van der Waals surface area contributed by atoms with Gasteiger partial charge in [0.1, 0.15) is 18.2 Å². The molecule has 1 atom stereocenters. The van der Waals surface area contributed by atoms with Crippen molar-refractivity contribution in [2.75, 3.05) is 26.2 Å². The lowest BCUT2D eigenvalue weighted by Gasteiger charge is -2.29. The van der Waals surface area contributed by atoms with E-state index in [4.69, 9.17) is 4.74 Å². The molecule has 0 bridgehead atoms. The number of nitrogens with zero attached hydrogens (tertiary/aromatic N) is 1. The van der Waals surface area contributed by atoms with Crippen molar-refractivity contribution in [3.05, 3.63) is 30.1 Å². The zero-order valence-corrected chi connectivity index (χ0v) is 12.4. The maximum absolute atomic E-state index is 12.8. The summed E-state index contributed by atoms with van der Waals surface area (Å²) in [6.07, 6.45) is 2.55. The summed E-state index contributed by atoms with van der Waals surface area (Å²) in [5, 5.41) is 3.53. The molecule has 2 rings (SSSR count). The van der Waals surface area contributed by atoms with Gasteiger partial charge in [-0.2, -0.15) is 0 Å². The molecule has 1 aliphatic rings. The lowest BCUT2D eigenvalue weighted by Crippen LogP contribution is -2.43. The highest BCUT2D eigenvalue weighted by atomic mass is 19.1. The fourth-order valence-corrected chi connectivity index (χ4v) is 2.57. The first-order valence-corrected chi connectivity index (χ1v) is 7.51. The standard InChI is InChI=1S/C16H25FN2O/c1-13(2)19(12-15-4-3-9-18-15)10-11-20-16-7-5-14(17)6-8-16/h5-8,13,15,18H,3-4,9-12H2,1-2H3. The van der Waals surface area contributed by atoms with Crippen molar-refractivity contribution in [1.29, 1.82) is 0 Å². The van der Waals surface area contributed by atoms with E-state index in [-0.39, 0.29) is 5.82 Å². The molecule has 0 radical (unpaired) electrons. The Balaban J connectivity index is 1.75. The van der Waals surface area contributed by atoms with Gasteiger partial charge >= 0.3 is 0 Å². The summed E-state index contributed by atoms with van der Waals surface area (Å²) in [4.78, 5) is 2.44. The molecule has 0 aromatic heterocycles. The number of rotatable bonds is 7. The third kappa shape index (κ3) is 4.76. The highest BCUT2D eigenvalue weighted by Crippen LogP contribution is 2.12. The first kappa shape index (κ1) is 15.3. The summed E-state index contributed by atoms with van der Waals surface area (Å²) < 4.78 is 18.5. The van der Waals surface area contributed by atoms with Crippen LogP contribution in [0.5, 0.6) is 5.75 Å². The maximum Gasteiger partial charge on any atom is 0.123 e. The van der Waals surface area contributed by atoms with Gasteiger partial charge in [-0.3, -0.25) is 4.90 Å². The lowest BCUT2D eigenvalue weighted by atomic mass is 10.2. The van der Waals surface area contributed by atoms with Gasteiger partial charge in [-0.05, 0) is 57.5 Å². The summed E-state index contributed by atoms with van der Waals surface area (Å²) in [6.45, 7) is 8.18. The normalized spacial score (nSPS) is 18.9. The fraction of sp³-hybridized carbons (Fsp3) is 0.625. The Morgan fingerprint density at radius 2 is 2.10 bits per heavy atom. The summed E-state index contributed by atoms with van der Waals surface area (Å²) >= 11 is 0. The molecule has 112 valence electrons. The molecular weight excluding hydrogens is 255 g/mol. The predicted octanol–water partition coefficient (Wildman–Crippen LogP) is 2.67. The van der Waals surface area contributed by atoms with Crippen LogP contribution in [0.4, 0.5) is 4.39 Å². The number of hydrogen-bond donors (Lipinski definition) is 1. The Hall–Kier alpha value is -1.13. The van der Waals surface area contributed by atoms with Gasteiger partial charge in [-0.1, -0.05) is 0 Å². The van der Waals surface area contributed by atoms with Gasteiger partial charge in [0.25, 0.3) is 0 Å². The second-order valence-corrected chi connectivity index (χ2v) is 5.68. The first-order valence-electron chi connectivity index (χ1n) is 7.51. The predicted molar refractivity (Wildman–Crippen MR) is 79.6 cm³/mol. The van der Waals surface area contributed by atoms with E-state index in [1.165, 1.54) is 25.0 Å². The number of benzene rings is 1. The van der Waals surface area contributed by atoms with Gasteiger partial charge in [0.05, 0.1) is 0 Å². The summed E-state index contributed by atoms with van der Waals surface area (Å²) in [5.74, 6) is 0.502. The van der Waals surface area contributed by atoms with Crippen LogP contribution in [0.3, 0.4) is 0 Å². The highest BCUT2D eigenvalue weighted by Gasteiger charge is 2.19. The van der Waals surface area contributed by atoms with Crippen molar-refractivity contribution in [2.45, 2.75) is 38.8 Å². The molecule has 1 heterocycles. The zero-order chi connectivity index (χ0) is 14.4. The van der Waals surface area contributed by atoms with Crippen molar-refractivity contribution in [2.24, 2.45) is 0 Å². The number of halogens is 1. The van der Waals surface area contributed by atoms with Crippen LogP contribution >= 0.6 is 0 Å². The number of ether oxygens (including phenoxy) is 1. The van der Waals surface area contributed by atoms with Crippen LogP contribution in [0.1, 0.15) is 26.7 Å². The minimum absolute atomic E-state index is 0.228. The van der Waals surface area contributed by atoms with Gasteiger partial charge in [0.2, 0.25) is 0 Å². The Morgan fingerprint density at radius 3 is 2.70 bits per heavy atom. The van der Waals surface area contributed by atoms with E-state index >= 15 is 0 Å². The molecule has 1 aromatic rings. The van der Waals surface area contributed by atoms with Crippen LogP contribution in [0.2, 0.25) is 0 Å². The van der Waals surface area contributed by atoms with E-state index < -0.39 is 0 Å². The maximum atomic E-state index is 12.8. The second kappa shape index (κ2) is 7.60. The molecule has 1 aromatic carbocycles. The van der Waals surface area contributed by atoms with Gasteiger partial charge in [0.15, 0.2) is 0 Å². The number of hydrogen-bond acceptors (Lipinski definition) is 3. The van der Waals surface area contributed by atoms with Crippen LogP contribution in [0, 0.1) is 5.82 Å². The van der Waals surface area contributed by atoms with E-state index in [0.29, 0.717) is 18.7 Å². The van der Waals surface area contributed by atoms with Crippen molar-refractivity contribution >= 4 is 0 Å². The van der Waals surface area contributed by atoms with Crippen LogP contribution in [-0.4, -0.2) is 43.2 Å². The largest absolute Gasteiger partial charge is 0.492 e. The molecule has 4 heteroatoms. The average molecular weight is 280 g/mol. The van der Waals surface area contributed by atoms with E-state index in [2.05, 4.69) is 24.1 Å². The summed E-state index contributed by atoms with van der Waals surface area (Å²) in [5.41, 5.74) is 0. The SMILES string of the molecule is CC(C)N(CCOc1ccc(F)cc1)CC1CCCN1. The minimum Gasteiger partial charge on any atom is -0.492 e. The second-order valence-electron chi connectivity index (χ2n) is 5.68.